The van der Waals surface area contributed by atoms with Crippen LogP contribution in [-0.2, 0) is 16.7 Å². The molecule has 24 heavy (non-hydrogen) atoms. The Balaban J connectivity index is 3.25. The van der Waals surface area contributed by atoms with Crippen molar-refractivity contribution >= 4 is 23.5 Å². The van der Waals surface area contributed by atoms with E-state index in [1.165, 1.54) is 17.8 Å². The van der Waals surface area contributed by atoms with Crippen LogP contribution in [0.3, 0.4) is 0 Å². The van der Waals surface area contributed by atoms with Gasteiger partial charge in [-0.2, -0.15) is 24.9 Å². The lowest BCUT2D eigenvalue weighted by molar-refractivity contribution is -0.137. The molecule has 0 aliphatic rings. The predicted molar refractivity (Wildman–Crippen MR) is 89.7 cm³/mol. The van der Waals surface area contributed by atoms with Gasteiger partial charge in [-0.05, 0) is 44.5 Å². The van der Waals surface area contributed by atoms with E-state index in [2.05, 4.69) is 0 Å². The maximum Gasteiger partial charge on any atom is 0.416 e. The van der Waals surface area contributed by atoms with Crippen molar-refractivity contribution in [3.05, 3.63) is 29.3 Å². The number of ether oxygens (including phenoxy) is 1. The van der Waals surface area contributed by atoms with Crippen LogP contribution < -0.4 is 4.90 Å². The van der Waals surface area contributed by atoms with Gasteiger partial charge in [-0.1, -0.05) is 0 Å². The number of methoxy groups -OCH3 is 1. The molecule has 0 fully saturated rings. The number of amides is 1. The molecular formula is C16H22F3NO3S. The van der Waals surface area contributed by atoms with Gasteiger partial charge in [0.2, 0.25) is 0 Å². The lowest BCUT2D eigenvalue weighted by Gasteiger charge is -2.33. The molecule has 0 bridgehead atoms. The van der Waals surface area contributed by atoms with Gasteiger partial charge >= 0.3 is 12.3 Å². The Bertz CT molecular complexity index is 571. The summed E-state index contributed by atoms with van der Waals surface area (Å²) in [5, 5.41) is 9.42. The topological polar surface area (TPSA) is 49.8 Å². The van der Waals surface area contributed by atoms with E-state index in [0.29, 0.717) is 23.7 Å². The van der Waals surface area contributed by atoms with Crippen LogP contribution in [0, 0.1) is 0 Å². The summed E-state index contributed by atoms with van der Waals surface area (Å²) in [6, 6.07) is 3.43. The summed E-state index contributed by atoms with van der Waals surface area (Å²) in [5.41, 5.74) is -1.27. The zero-order chi connectivity index (χ0) is 18.5. The molecule has 0 heterocycles. The molecule has 136 valence electrons. The molecule has 1 amide bonds. The van der Waals surface area contributed by atoms with E-state index in [0.717, 1.165) is 17.0 Å². The predicted octanol–water partition coefficient (Wildman–Crippen LogP) is 4.87. The van der Waals surface area contributed by atoms with Crippen molar-refractivity contribution in [2.24, 2.45) is 0 Å². The highest BCUT2D eigenvalue weighted by Crippen LogP contribution is 2.35. The van der Waals surface area contributed by atoms with Gasteiger partial charge in [0, 0.05) is 29.8 Å². The van der Waals surface area contributed by atoms with Gasteiger partial charge in [-0.3, -0.25) is 4.90 Å². The molecule has 0 spiro atoms. The molecule has 1 N–H and O–H groups in total. The first kappa shape index (κ1) is 20.6. The van der Waals surface area contributed by atoms with Crippen molar-refractivity contribution in [1.29, 1.82) is 0 Å². The van der Waals surface area contributed by atoms with Crippen LogP contribution in [0.1, 0.15) is 31.9 Å². The van der Waals surface area contributed by atoms with Gasteiger partial charge in [0.15, 0.2) is 0 Å². The molecule has 1 rings (SSSR count). The summed E-state index contributed by atoms with van der Waals surface area (Å²) < 4.78 is 44.4. The molecule has 0 atom stereocenters. The van der Waals surface area contributed by atoms with Crippen molar-refractivity contribution in [2.75, 3.05) is 24.4 Å². The molecule has 8 heteroatoms. The van der Waals surface area contributed by atoms with Gasteiger partial charge in [-0.15, -0.1) is 0 Å². The summed E-state index contributed by atoms with van der Waals surface area (Å²) in [6.07, 6.45) is -5.83. The SMILES string of the molecule is COCCSCc1cc(N(C(=O)O)C(C)(C)C)cc(C(F)(F)F)c1. The average Bonchev–Trinajstić information content (AvgIpc) is 2.40. The summed E-state index contributed by atoms with van der Waals surface area (Å²) in [7, 11) is 1.55. The fourth-order valence-corrected chi connectivity index (χ4v) is 3.00. The lowest BCUT2D eigenvalue weighted by atomic mass is 10.0. The number of carboxylic acid groups (broad SMARTS) is 1. The molecule has 4 nitrogen and oxygen atoms in total. The number of rotatable bonds is 6. The van der Waals surface area contributed by atoms with Crippen LogP contribution in [0.2, 0.25) is 0 Å². The second-order valence-electron chi connectivity index (χ2n) is 6.22. The molecule has 0 aliphatic carbocycles. The Morgan fingerprint density at radius 3 is 2.33 bits per heavy atom. The fourth-order valence-electron chi connectivity index (χ4n) is 2.17. The molecule has 0 radical (unpaired) electrons. The second kappa shape index (κ2) is 8.11. The van der Waals surface area contributed by atoms with Gasteiger partial charge < -0.3 is 9.84 Å². The first-order chi connectivity index (χ1) is 11.0. The molecule has 1 aromatic rings. The monoisotopic (exact) mass is 365 g/mol. The average molecular weight is 365 g/mol. The summed E-state index contributed by atoms with van der Waals surface area (Å²) in [5.74, 6) is 0.988. The summed E-state index contributed by atoms with van der Waals surface area (Å²) in [4.78, 5) is 12.5. The quantitative estimate of drug-likeness (QED) is 0.731. The van der Waals surface area contributed by atoms with Crippen LogP contribution in [0.5, 0.6) is 0 Å². The van der Waals surface area contributed by atoms with Crippen LogP contribution in [-0.4, -0.2) is 36.2 Å². The summed E-state index contributed by atoms with van der Waals surface area (Å²) in [6.45, 7) is 5.40. The third-order valence-corrected chi connectivity index (χ3v) is 4.12. The van der Waals surface area contributed by atoms with E-state index >= 15 is 0 Å². The van der Waals surface area contributed by atoms with E-state index in [4.69, 9.17) is 4.74 Å². The first-order valence-corrected chi connectivity index (χ1v) is 8.43. The number of carbonyl (C=O) groups is 1. The fraction of sp³-hybridized carbons (Fsp3) is 0.562. The molecule has 0 saturated carbocycles. The van der Waals surface area contributed by atoms with Crippen molar-refractivity contribution in [2.45, 2.75) is 38.2 Å². The van der Waals surface area contributed by atoms with Gasteiger partial charge in [0.05, 0.1) is 12.2 Å². The van der Waals surface area contributed by atoms with E-state index in [1.807, 2.05) is 0 Å². The van der Waals surface area contributed by atoms with Gasteiger partial charge in [0.25, 0.3) is 0 Å². The van der Waals surface area contributed by atoms with Crippen molar-refractivity contribution < 1.29 is 27.8 Å². The number of thioether (sulfide) groups is 1. The van der Waals surface area contributed by atoms with Crippen LogP contribution in [0.15, 0.2) is 18.2 Å². The normalized spacial score (nSPS) is 12.3. The minimum Gasteiger partial charge on any atom is -0.465 e. The number of nitrogens with zero attached hydrogens (tertiary/aromatic N) is 1. The highest BCUT2D eigenvalue weighted by molar-refractivity contribution is 7.98. The zero-order valence-corrected chi connectivity index (χ0v) is 14.9. The molecule has 0 unspecified atom stereocenters. The molecular weight excluding hydrogens is 343 g/mol. The minimum atomic E-state index is -4.54. The number of anilines is 1. The molecule has 0 aliphatic heterocycles. The van der Waals surface area contributed by atoms with Crippen LogP contribution in [0.4, 0.5) is 23.7 Å². The molecule has 0 saturated heterocycles. The number of hydrogen-bond acceptors (Lipinski definition) is 3. The highest BCUT2D eigenvalue weighted by Gasteiger charge is 2.34. The highest BCUT2D eigenvalue weighted by atomic mass is 32.2. The van der Waals surface area contributed by atoms with E-state index < -0.39 is 23.4 Å². The van der Waals surface area contributed by atoms with Gasteiger partial charge in [-0.25, -0.2) is 4.79 Å². The largest absolute Gasteiger partial charge is 0.465 e. The Labute approximate surface area is 144 Å². The van der Waals surface area contributed by atoms with Crippen LogP contribution in [0.25, 0.3) is 0 Å². The minimum absolute atomic E-state index is 0.0205. The smallest absolute Gasteiger partial charge is 0.416 e. The third-order valence-electron chi connectivity index (χ3n) is 3.13. The number of halogens is 3. The Morgan fingerprint density at radius 2 is 1.88 bits per heavy atom. The van der Waals surface area contributed by atoms with E-state index in [-0.39, 0.29) is 5.69 Å². The second-order valence-corrected chi connectivity index (χ2v) is 7.33. The zero-order valence-electron chi connectivity index (χ0n) is 14.1. The standard InChI is InChI=1S/C16H22F3NO3S/c1-15(2,3)20(14(21)22)13-8-11(10-24-6-5-23-4)7-12(9-13)16(17,18)19/h7-9H,5-6,10H2,1-4H3,(H,21,22). The maximum atomic E-state index is 13.2. The Hall–Kier alpha value is -1.41. The molecule has 0 aromatic heterocycles. The molecule has 1 aromatic carbocycles. The lowest BCUT2D eigenvalue weighted by Crippen LogP contribution is -2.45. The van der Waals surface area contributed by atoms with Crippen molar-refractivity contribution in [3.8, 4) is 0 Å². The number of benzene rings is 1. The Kier molecular flexibility index (Phi) is 6.97. The van der Waals surface area contributed by atoms with Gasteiger partial charge in [0.1, 0.15) is 0 Å². The first-order valence-electron chi connectivity index (χ1n) is 7.28. The van der Waals surface area contributed by atoms with Crippen molar-refractivity contribution in [1.82, 2.24) is 0 Å². The number of alkyl halides is 3. The third kappa shape index (κ3) is 5.90. The van der Waals surface area contributed by atoms with Crippen LogP contribution >= 0.6 is 11.8 Å². The Morgan fingerprint density at radius 1 is 1.25 bits per heavy atom. The van der Waals surface area contributed by atoms with Crippen molar-refractivity contribution in [3.63, 3.8) is 0 Å². The van der Waals surface area contributed by atoms with E-state index in [1.54, 1.807) is 27.9 Å². The maximum absolute atomic E-state index is 13.2. The summed E-state index contributed by atoms with van der Waals surface area (Å²) >= 11 is 1.43. The van der Waals surface area contributed by atoms with E-state index in [9.17, 15) is 23.1 Å². The number of hydrogen-bond donors (Lipinski definition) is 1.